The van der Waals surface area contributed by atoms with Gasteiger partial charge in [-0.25, -0.2) is 4.79 Å². The van der Waals surface area contributed by atoms with Gasteiger partial charge in [0.05, 0.1) is 6.61 Å². The molecule has 0 atom stereocenters. The van der Waals surface area contributed by atoms with E-state index in [9.17, 15) is 4.79 Å². The Hall–Kier alpha value is -1.73. The van der Waals surface area contributed by atoms with E-state index in [0.717, 1.165) is 21.7 Å². The molecule has 0 aliphatic heterocycles. The fourth-order valence-electron chi connectivity index (χ4n) is 1.57. The molecule has 0 saturated heterocycles. The zero-order valence-electron chi connectivity index (χ0n) is 10.9. The van der Waals surface area contributed by atoms with Gasteiger partial charge in [0.2, 0.25) is 0 Å². The van der Waals surface area contributed by atoms with Crippen LogP contribution in [-0.2, 0) is 4.79 Å². The lowest BCUT2D eigenvalue weighted by atomic mass is 10.1. The molecule has 1 N–H and O–H groups in total. The molecule has 0 aliphatic rings. The van der Waals surface area contributed by atoms with Crippen molar-refractivity contribution < 1.29 is 14.6 Å². The van der Waals surface area contributed by atoms with Crippen LogP contribution in [0.5, 0.6) is 5.75 Å². The molecule has 0 spiro atoms. The minimum atomic E-state index is -0.986. The van der Waals surface area contributed by atoms with Crippen molar-refractivity contribution in [2.24, 2.45) is 0 Å². The molecule has 0 amide bonds. The van der Waals surface area contributed by atoms with E-state index in [0.29, 0.717) is 18.8 Å². The van der Waals surface area contributed by atoms with Gasteiger partial charge in [0.15, 0.2) is 0 Å². The molecule has 0 heterocycles. The first-order valence-corrected chi connectivity index (χ1v) is 6.57. The minimum Gasteiger partial charge on any atom is -0.492 e. The van der Waals surface area contributed by atoms with E-state index in [-0.39, 0.29) is 0 Å². The third-order valence-corrected chi connectivity index (χ3v) is 2.78. The van der Waals surface area contributed by atoms with Gasteiger partial charge in [-0.05, 0) is 37.6 Å². The largest absolute Gasteiger partial charge is 0.492 e. The van der Waals surface area contributed by atoms with Gasteiger partial charge in [0.1, 0.15) is 5.75 Å². The Morgan fingerprint density at radius 3 is 2.89 bits per heavy atom. The van der Waals surface area contributed by atoms with E-state index in [2.05, 4.69) is 27.8 Å². The summed E-state index contributed by atoms with van der Waals surface area (Å²) < 4.78 is 6.57. The average Bonchev–Trinajstić information content (AvgIpc) is 2.34. The number of halogens is 1. The molecule has 1 aromatic carbocycles. The molecule has 1 aromatic rings. The number of carboxylic acid groups (broad SMARTS) is 1. The van der Waals surface area contributed by atoms with Crippen LogP contribution in [0.1, 0.15) is 24.5 Å². The molecular formula is C15H15BrO3. The summed E-state index contributed by atoms with van der Waals surface area (Å²) in [6.07, 6.45) is 3.27. The zero-order chi connectivity index (χ0) is 14.3. The van der Waals surface area contributed by atoms with Crippen LogP contribution in [0.25, 0.3) is 6.08 Å². The molecule has 0 aliphatic carbocycles. The number of hydrogen-bond donors (Lipinski definition) is 1. The van der Waals surface area contributed by atoms with E-state index in [1.807, 2.05) is 19.1 Å². The van der Waals surface area contributed by atoms with E-state index in [4.69, 9.17) is 9.84 Å². The maximum absolute atomic E-state index is 10.6. The lowest BCUT2D eigenvalue weighted by molar-refractivity contribution is -0.131. The van der Waals surface area contributed by atoms with Crippen molar-refractivity contribution in [3.8, 4) is 17.6 Å². The third kappa shape index (κ3) is 5.19. The minimum absolute atomic E-state index is 0.483. The molecule has 0 bridgehead atoms. The van der Waals surface area contributed by atoms with E-state index >= 15 is 0 Å². The van der Waals surface area contributed by atoms with Crippen LogP contribution >= 0.6 is 15.9 Å². The van der Waals surface area contributed by atoms with Crippen molar-refractivity contribution in [2.75, 3.05) is 6.61 Å². The number of benzene rings is 1. The number of aryl methyl sites for hydroxylation is 1. The summed E-state index contributed by atoms with van der Waals surface area (Å²) in [5.41, 5.74) is 1.68. The molecule has 0 radical (unpaired) electrons. The topological polar surface area (TPSA) is 46.5 Å². The van der Waals surface area contributed by atoms with Crippen molar-refractivity contribution in [3.05, 3.63) is 33.8 Å². The van der Waals surface area contributed by atoms with E-state index in [1.165, 1.54) is 6.08 Å². The third-order valence-electron chi connectivity index (χ3n) is 2.32. The lowest BCUT2D eigenvalue weighted by Gasteiger charge is -2.12. The van der Waals surface area contributed by atoms with E-state index in [1.54, 1.807) is 6.92 Å². The van der Waals surface area contributed by atoms with E-state index < -0.39 is 5.97 Å². The van der Waals surface area contributed by atoms with Gasteiger partial charge in [-0.15, -0.1) is 11.8 Å². The molecule has 19 heavy (non-hydrogen) atoms. The highest BCUT2D eigenvalue weighted by molar-refractivity contribution is 9.10. The number of hydrogen-bond acceptors (Lipinski definition) is 2. The van der Waals surface area contributed by atoms with Crippen LogP contribution in [0.2, 0.25) is 0 Å². The van der Waals surface area contributed by atoms with Crippen molar-refractivity contribution >= 4 is 28.0 Å². The van der Waals surface area contributed by atoms with Crippen LogP contribution in [0.4, 0.5) is 0 Å². The molecule has 3 nitrogen and oxygen atoms in total. The fourth-order valence-corrected chi connectivity index (χ4v) is 2.16. The summed E-state index contributed by atoms with van der Waals surface area (Å²) in [6.45, 7) is 4.19. The highest BCUT2D eigenvalue weighted by Gasteiger charge is 2.07. The SMILES string of the molecule is CC#CCCOc1c(C)cc(Br)cc1/C=C/C(=O)O. The molecule has 0 fully saturated rings. The second-order valence-electron chi connectivity index (χ2n) is 3.84. The summed E-state index contributed by atoms with van der Waals surface area (Å²) in [4.78, 5) is 10.6. The van der Waals surface area contributed by atoms with Gasteiger partial charge in [0.25, 0.3) is 0 Å². The van der Waals surface area contributed by atoms with Crippen LogP contribution in [-0.4, -0.2) is 17.7 Å². The lowest BCUT2D eigenvalue weighted by Crippen LogP contribution is -2.00. The summed E-state index contributed by atoms with van der Waals surface area (Å²) in [5.74, 6) is 5.43. The molecule has 0 saturated carbocycles. The van der Waals surface area contributed by atoms with Crippen LogP contribution in [0, 0.1) is 18.8 Å². The summed E-state index contributed by atoms with van der Waals surface area (Å²) in [7, 11) is 0. The summed E-state index contributed by atoms with van der Waals surface area (Å²) >= 11 is 3.39. The second-order valence-corrected chi connectivity index (χ2v) is 4.75. The predicted octanol–water partition coefficient (Wildman–Crippen LogP) is 3.65. The van der Waals surface area contributed by atoms with Gasteiger partial charge < -0.3 is 9.84 Å². The first-order valence-electron chi connectivity index (χ1n) is 5.78. The second kappa shape index (κ2) is 7.65. The maximum Gasteiger partial charge on any atom is 0.328 e. The molecular weight excluding hydrogens is 308 g/mol. The van der Waals surface area contributed by atoms with Crippen LogP contribution in [0.3, 0.4) is 0 Å². The molecule has 0 unspecified atom stereocenters. The standard InChI is InChI=1S/C15H15BrO3/c1-3-4-5-8-19-15-11(2)9-13(16)10-12(15)6-7-14(17)18/h6-7,9-10H,5,8H2,1-2H3,(H,17,18)/b7-6+. The average molecular weight is 323 g/mol. The first kappa shape index (κ1) is 15.3. The van der Waals surface area contributed by atoms with Gasteiger partial charge in [0, 0.05) is 22.5 Å². The number of rotatable bonds is 5. The van der Waals surface area contributed by atoms with Crippen molar-refractivity contribution in [1.29, 1.82) is 0 Å². The van der Waals surface area contributed by atoms with Gasteiger partial charge >= 0.3 is 5.97 Å². The molecule has 0 aromatic heterocycles. The van der Waals surface area contributed by atoms with Crippen molar-refractivity contribution in [2.45, 2.75) is 20.3 Å². The van der Waals surface area contributed by atoms with Gasteiger partial charge in [-0.1, -0.05) is 15.9 Å². The smallest absolute Gasteiger partial charge is 0.328 e. The van der Waals surface area contributed by atoms with Gasteiger partial charge in [-0.2, -0.15) is 0 Å². The molecule has 1 rings (SSSR count). The Kier molecular flexibility index (Phi) is 6.17. The number of carboxylic acids is 1. The molecule has 4 heteroatoms. The Bertz CT molecular complexity index is 550. The van der Waals surface area contributed by atoms with Crippen LogP contribution < -0.4 is 4.74 Å². The highest BCUT2D eigenvalue weighted by atomic mass is 79.9. The Balaban J connectivity index is 2.98. The highest BCUT2D eigenvalue weighted by Crippen LogP contribution is 2.29. The molecule has 100 valence electrons. The number of ether oxygens (including phenoxy) is 1. The van der Waals surface area contributed by atoms with Gasteiger partial charge in [-0.3, -0.25) is 0 Å². The van der Waals surface area contributed by atoms with Crippen LogP contribution in [0.15, 0.2) is 22.7 Å². The number of aliphatic carboxylic acids is 1. The summed E-state index contributed by atoms with van der Waals surface area (Å²) in [6, 6.07) is 3.76. The Labute approximate surface area is 121 Å². The zero-order valence-corrected chi connectivity index (χ0v) is 12.5. The first-order chi connectivity index (χ1) is 9.04. The predicted molar refractivity (Wildman–Crippen MR) is 79.1 cm³/mol. The number of carbonyl (C=O) groups is 1. The Morgan fingerprint density at radius 1 is 1.53 bits per heavy atom. The quantitative estimate of drug-likeness (QED) is 0.511. The van der Waals surface area contributed by atoms with Crippen molar-refractivity contribution in [3.63, 3.8) is 0 Å². The normalized spacial score (nSPS) is 10.1. The monoisotopic (exact) mass is 322 g/mol. The Morgan fingerprint density at radius 2 is 2.26 bits per heavy atom. The maximum atomic E-state index is 10.6. The summed E-state index contributed by atoms with van der Waals surface area (Å²) in [5, 5.41) is 8.69. The van der Waals surface area contributed by atoms with Crippen molar-refractivity contribution in [1.82, 2.24) is 0 Å². The fraction of sp³-hybridized carbons (Fsp3) is 0.267.